The minimum atomic E-state index is -0.569. The van der Waals surface area contributed by atoms with E-state index in [-0.39, 0.29) is 17.6 Å². The molecule has 38 heavy (non-hydrogen) atoms. The number of hydrogen-bond donors (Lipinski definition) is 3. The van der Waals surface area contributed by atoms with Crippen LogP contribution in [0.1, 0.15) is 43.7 Å². The molecule has 192 valence electrons. The van der Waals surface area contributed by atoms with Crippen LogP contribution in [0.3, 0.4) is 0 Å². The first-order chi connectivity index (χ1) is 18.4. The van der Waals surface area contributed by atoms with E-state index >= 15 is 0 Å². The monoisotopic (exact) mass is 522 g/mol. The van der Waals surface area contributed by atoms with Crippen molar-refractivity contribution in [2.45, 2.75) is 32.6 Å². The van der Waals surface area contributed by atoms with E-state index < -0.39 is 5.92 Å². The van der Waals surface area contributed by atoms with Gasteiger partial charge in [-0.25, -0.2) is 0 Å². The fraction of sp³-hybridized carbons (Fsp3) is 0.194. The molecule has 4 rings (SSSR count). The van der Waals surface area contributed by atoms with Crippen LogP contribution in [0.4, 0.5) is 11.4 Å². The number of allylic oxidation sites excluding steroid dienone is 2. The second-order valence-electron chi connectivity index (χ2n) is 9.30. The van der Waals surface area contributed by atoms with E-state index in [1.807, 2.05) is 91.9 Å². The Morgan fingerprint density at radius 2 is 1.53 bits per heavy atom. The van der Waals surface area contributed by atoms with E-state index in [1.165, 1.54) is 17.3 Å². The molecule has 6 nitrogen and oxygen atoms in total. The summed E-state index contributed by atoms with van der Waals surface area (Å²) in [5, 5.41) is 19.9. The van der Waals surface area contributed by atoms with E-state index in [0.29, 0.717) is 33.5 Å². The van der Waals surface area contributed by atoms with E-state index in [4.69, 9.17) is 0 Å². The summed E-state index contributed by atoms with van der Waals surface area (Å²) < 4.78 is 0. The number of benzene rings is 3. The summed E-state index contributed by atoms with van der Waals surface area (Å²) in [6.45, 7) is 6.07. The van der Waals surface area contributed by atoms with Gasteiger partial charge in [0.05, 0.1) is 28.3 Å². The van der Waals surface area contributed by atoms with E-state index in [9.17, 15) is 14.9 Å². The Morgan fingerprint density at radius 1 is 0.921 bits per heavy atom. The lowest BCUT2D eigenvalue weighted by atomic mass is 9.82. The highest BCUT2D eigenvalue weighted by Crippen LogP contribution is 2.41. The van der Waals surface area contributed by atoms with E-state index in [2.05, 4.69) is 35.9 Å². The minimum absolute atomic E-state index is 0.111. The van der Waals surface area contributed by atoms with Gasteiger partial charge in [-0.2, -0.15) is 5.26 Å². The SMILES string of the molecule is CC1=C(C(=O)Nc2ccccc2)[C@@H](c2ccccc2)C(C#N)=C(SCC(=O)Nc2ccc(C(C)C)cc2)N1. The molecule has 1 atom stereocenters. The molecule has 3 aromatic rings. The van der Waals surface area contributed by atoms with Gasteiger partial charge in [0, 0.05) is 22.6 Å². The van der Waals surface area contributed by atoms with Crippen molar-refractivity contribution in [2.75, 3.05) is 16.4 Å². The molecule has 0 aromatic heterocycles. The predicted molar refractivity (Wildman–Crippen MR) is 154 cm³/mol. The molecule has 0 saturated carbocycles. The van der Waals surface area contributed by atoms with Gasteiger partial charge in [0.1, 0.15) is 0 Å². The molecule has 0 spiro atoms. The normalized spacial score (nSPS) is 15.1. The van der Waals surface area contributed by atoms with Gasteiger partial charge < -0.3 is 16.0 Å². The van der Waals surface area contributed by atoms with E-state index in [0.717, 1.165) is 11.3 Å². The van der Waals surface area contributed by atoms with Gasteiger partial charge in [-0.1, -0.05) is 86.3 Å². The predicted octanol–water partition coefficient (Wildman–Crippen LogP) is 6.52. The summed E-state index contributed by atoms with van der Waals surface area (Å²) >= 11 is 1.25. The Kier molecular flexibility index (Phi) is 8.67. The molecule has 1 aliphatic heterocycles. The third-order valence-corrected chi connectivity index (χ3v) is 7.28. The fourth-order valence-corrected chi connectivity index (χ4v) is 5.20. The molecular formula is C31H30N4O2S. The number of dihydropyridines is 1. The Labute approximate surface area is 227 Å². The smallest absolute Gasteiger partial charge is 0.254 e. The molecule has 0 aliphatic carbocycles. The van der Waals surface area contributed by atoms with Crippen molar-refractivity contribution >= 4 is 35.0 Å². The van der Waals surface area contributed by atoms with Crippen molar-refractivity contribution < 1.29 is 9.59 Å². The largest absolute Gasteiger partial charge is 0.353 e. The zero-order chi connectivity index (χ0) is 27.1. The molecule has 3 N–H and O–H groups in total. The highest BCUT2D eigenvalue weighted by atomic mass is 32.2. The van der Waals surface area contributed by atoms with Crippen LogP contribution in [0.2, 0.25) is 0 Å². The van der Waals surface area contributed by atoms with Gasteiger partial charge in [-0.3, -0.25) is 9.59 Å². The van der Waals surface area contributed by atoms with Crippen molar-refractivity contribution in [3.8, 4) is 6.07 Å². The molecule has 1 aliphatic rings. The number of hydrogen-bond acceptors (Lipinski definition) is 5. The van der Waals surface area contributed by atoms with Crippen molar-refractivity contribution in [3.63, 3.8) is 0 Å². The number of nitrogens with zero attached hydrogens (tertiary/aromatic N) is 1. The number of rotatable bonds is 8. The maximum absolute atomic E-state index is 13.5. The number of para-hydroxylation sites is 1. The summed E-state index contributed by atoms with van der Waals surface area (Å²) in [7, 11) is 0. The third-order valence-electron chi connectivity index (χ3n) is 6.27. The Morgan fingerprint density at radius 3 is 2.13 bits per heavy atom. The highest BCUT2D eigenvalue weighted by molar-refractivity contribution is 8.03. The van der Waals surface area contributed by atoms with Gasteiger partial charge >= 0.3 is 0 Å². The van der Waals surface area contributed by atoms with Crippen molar-refractivity contribution in [2.24, 2.45) is 0 Å². The van der Waals surface area contributed by atoms with Crippen LogP contribution >= 0.6 is 11.8 Å². The molecule has 0 radical (unpaired) electrons. The molecule has 7 heteroatoms. The molecule has 0 fully saturated rings. The summed E-state index contributed by atoms with van der Waals surface area (Å²) in [4.78, 5) is 26.2. The third kappa shape index (κ3) is 6.34. The first-order valence-corrected chi connectivity index (χ1v) is 13.4. The van der Waals surface area contributed by atoms with Gasteiger partial charge in [0.2, 0.25) is 5.91 Å². The summed E-state index contributed by atoms with van der Waals surface area (Å²) in [6, 6.07) is 28.8. The molecule has 3 aromatic carbocycles. The number of carbonyl (C=O) groups is 2. The molecule has 0 saturated heterocycles. The Hall–Kier alpha value is -4.28. The van der Waals surface area contributed by atoms with Crippen molar-refractivity contribution in [3.05, 3.63) is 118 Å². The quantitative estimate of drug-likeness (QED) is 0.313. The minimum Gasteiger partial charge on any atom is -0.353 e. The average Bonchev–Trinajstić information content (AvgIpc) is 2.92. The Balaban J connectivity index is 1.56. The molecule has 1 heterocycles. The fourth-order valence-electron chi connectivity index (χ4n) is 4.31. The van der Waals surface area contributed by atoms with Crippen LogP contribution in [-0.2, 0) is 9.59 Å². The van der Waals surface area contributed by atoms with Crippen LogP contribution in [-0.4, -0.2) is 17.6 Å². The topological polar surface area (TPSA) is 94.0 Å². The summed E-state index contributed by atoms with van der Waals surface area (Å²) in [6.07, 6.45) is 0. The average molecular weight is 523 g/mol. The highest BCUT2D eigenvalue weighted by Gasteiger charge is 2.34. The van der Waals surface area contributed by atoms with Crippen LogP contribution in [0.25, 0.3) is 0 Å². The van der Waals surface area contributed by atoms with E-state index in [1.54, 1.807) is 0 Å². The van der Waals surface area contributed by atoms with Crippen LogP contribution in [0, 0.1) is 11.3 Å². The van der Waals surface area contributed by atoms with Gasteiger partial charge in [0.15, 0.2) is 0 Å². The van der Waals surface area contributed by atoms with Crippen molar-refractivity contribution in [1.29, 1.82) is 5.26 Å². The van der Waals surface area contributed by atoms with Gasteiger partial charge in [0.25, 0.3) is 5.91 Å². The molecule has 0 unspecified atom stereocenters. The van der Waals surface area contributed by atoms with Crippen molar-refractivity contribution in [1.82, 2.24) is 5.32 Å². The van der Waals surface area contributed by atoms with Gasteiger partial charge in [-0.15, -0.1) is 0 Å². The zero-order valence-corrected chi connectivity index (χ0v) is 22.4. The van der Waals surface area contributed by atoms with Crippen LogP contribution < -0.4 is 16.0 Å². The number of amides is 2. The second kappa shape index (κ2) is 12.3. The second-order valence-corrected chi connectivity index (χ2v) is 10.3. The van der Waals surface area contributed by atoms with Crippen LogP contribution in [0.5, 0.6) is 0 Å². The zero-order valence-electron chi connectivity index (χ0n) is 21.6. The Bertz CT molecular complexity index is 1410. The number of anilines is 2. The van der Waals surface area contributed by atoms with Gasteiger partial charge in [-0.05, 0) is 48.2 Å². The lowest BCUT2D eigenvalue weighted by molar-refractivity contribution is -0.114. The lowest BCUT2D eigenvalue weighted by Crippen LogP contribution is -2.31. The first kappa shape index (κ1) is 26.8. The summed E-state index contributed by atoms with van der Waals surface area (Å²) in [5.74, 6) is -0.503. The lowest BCUT2D eigenvalue weighted by Gasteiger charge is -2.29. The first-order valence-electron chi connectivity index (χ1n) is 12.4. The maximum atomic E-state index is 13.5. The molecule has 0 bridgehead atoms. The van der Waals surface area contributed by atoms with Crippen LogP contribution in [0.15, 0.2) is 107 Å². The molecular weight excluding hydrogens is 492 g/mol. The number of thioether (sulfide) groups is 1. The standard InChI is InChI=1S/C31H30N4O2S/c1-20(2)22-14-16-25(17-15-22)34-27(36)19-38-31-26(18-32)29(23-10-6-4-7-11-23)28(21(3)33-31)30(37)35-24-12-8-5-9-13-24/h4-17,20,29,33H,19H2,1-3H3,(H,34,36)(H,35,37)/t29-/m0/s1. The number of nitrogens with one attached hydrogen (secondary N) is 3. The summed E-state index contributed by atoms with van der Waals surface area (Å²) in [5.41, 5.74) is 4.94. The maximum Gasteiger partial charge on any atom is 0.254 e. The number of carbonyl (C=O) groups excluding carboxylic acids is 2. The number of nitriles is 1. The molecule has 2 amide bonds.